The molecule has 2 heterocycles. The Morgan fingerprint density at radius 1 is 1.20 bits per heavy atom. The summed E-state index contributed by atoms with van der Waals surface area (Å²) in [6.45, 7) is 2.92. The van der Waals surface area contributed by atoms with E-state index in [4.69, 9.17) is 10.0 Å². The van der Waals surface area contributed by atoms with Gasteiger partial charge in [-0.3, -0.25) is 0 Å². The average molecular weight is 270 g/mol. The zero-order valence-electron chi connectivity index (χ0n) is 11.1. The van der Waals surface area contributed by atoms with Crippen LogP contribution in [0.3, 0.4) is 0 Å². The van der Waals surface area contributed by atoms with Gasteiger partial charge >= 0.3 is 7.69 Å². The first kappa shape index (κ1) is 14.2. The molecule has 0 fully saturated rings. The predicted molar refractivity (Wildman–Crippen MR) is 78.0 cm³/mol. The van der Waals surface area contributed by atoms with Crippen molar-refractivity contribution in [2.75, 3.05) is 0 Å². The monoisotopic (exact) mass is 270 g/mol. The van der Waals surface area contributed by atoms with Gasteiger partial charge in [0.25, 0.3) is 0 Å². The third kappa shape index (κ3) is 2.84. The third-order valence-corrected chi connectivity index (χ3v) is 2.83. The Hall–Kier alpha value is -2.25. The van der Waals surface area contributed by atoms with E-state index < -0.39 is 7.69 Å². The van der Waals surface area contributed by atoms with E-state index in [1.807, 2.05) is 29.1 Å². The number of benzene rings is 1. The van der Waals surface area contributed by atoms with Crippen LogP contribution in [0.1, 0.15) is 6.92 Å². The van der Waals surface area contributed by atoms with Crippen LogP contribution in [0.15, 0.2) is 42.9 Å². The molecule has 7 heteroatoms. The van der Waals surface area contributed by atoms with Gasteiger partial charge in [-0.15, -0.1) is 5.10 Å². The van der Waals surface area contributed by atoms with Crippen molar-refractivity contribution in [2.24, 2.45) is 0 Å². The molecule has 0 saturated heterocycles. The predicted octanol–water partition coefficient (Wildman–Crippen LogP) is 0.751. The maximum absolute atomic E-state index is 7.12. The Bertz CT molecular complexity index is 672. The van der Waals surface area contributed by atoms with Crippen LogP contribution in [0.5, 0.6) is 0 Å². The number of aryl methyl sites for hydroxylation is 1. The molecule has 0 saturated carbocycles. The van der Waals surface area contributed by atoms with Crippen LogP contribution in [0.25, 0.3) is 22.3 Å². The number of hydrogen-bond acceptors (Lipinski definition) is 5. The molecule has 20 heavy (non-hydrogen) atoms. The molecule has 0 aliphatic heterocycles. The summed E-state index contributed by atoms with van der Waals surface area (Å²) >= 11 is 0. The number of fused-ring (bicyclic) bond motifs is 1. The molecule has 0 spiro atoms. The van der Waals surface area contributed by atoms with E-state index in [9.17, 15) is 0 Å². The molecule has 6 nitrogen and oxygen atoms in total. The van der Waals surface area contributed by atoms with Crippen molar-refractivity contribution < 1.29 is 10.0 Å². The van der Waals surface area contributed by atoms with Crippen molar-refractivity contribution in [3.05, 3.63) is 42.9 Å². The van der Waals surface area contributed by atoms with E-state index in [2.05, 4.69) is 34.2 Å². The molecule has 0 amide bonds. The van der Waals surface area contributed by atoms with Crippen molar-refractivity contribution in [1.82, 2.24) is 19.7 Å². The van der Waals surface area contributed by atoms with E-state index in [0.29, 0.717) is 0 Å². The van der Waals surface area contributed by atoms with Crippen LogP contribution in [0.2, 0.25) is 0 Å². The van der Waals surface area contributed by atoms with Gasteiger partial charge in [0.1, 0.15) is 5.52 Å². The molecule has 0 radical (unpaired) electrons. The highest BCUT2D eigenvalue weighted by Gasteiger charge is 2.09. The van der Waals surface area contributed by atoms with Gasteiger partial charge in [0.05, 0.1) is 12.5 Å². The maximum atomic E-state index is 7.12. The fraction of sp³-hybridized carbons (Fsp3) is 0.154. The highest BCUT2D eigenvalue weighted by molar-refractivity contribution is 6.13. The minimum atomic E-state index is -0.750. The SMILES string of the molecule is CCn1cnc2c(-c3ccccc3)cnnc21.OBO. The fourth-order valence-corrected chi connectivity index (χ4v) is 1.93. The van der Waals surface area contributed by atoms with E-state index in [1.165, 1.54) is 0 Å². The second kappa shape index (κ2) is 6.79. The van der Waals surface area contributed by atoms with Gasteiger partial charge in [0.15, 0.2) is 5.65 Å². The van der Waals surface area contributed by atoms with Crippen molar-refractivity contribution >= 4 is 18.8 Å². The Balaban J connectivity index is 0.000000452. The highest BCUT2D eigenvalue weighted by Crippen LogP contribution is 2.24. The summed E-state index contributed by atoms with van der Waals surface area (Å²) in [6.07, 6.45) is 3.58. The molecule has 102 valence electrons. The van der Waals surface area contributed by atoms with Crippen molar-refractivity contribution in [2.45, 2.75) is 13.5 Å². The first-order valence-electron chi connectivity index (χ1n) is 6.25. The second-order valence-corrected chi connectivity index (χ2v) is 3.97. The van der Waals surface area contributed by atoms with Gasteiger partial charge in [0.2, 0.25) is 0 Å². The van der Waals surface area contributed by atoms with Gasteiger partial charge in [0, 0.05) is 12.1 Å². The average Bonchev–Trinajstić information content (AvgIpc) is 2.92. The lowest BCUT2D eigenvalue weighted by Gasteiger charge is -2.02. The number of hydrogen-bond donors (Lipinski definition) is 2. The minimum absolute atomic E-state index is 0.750. The molecule has 1 aromatic carbocycles. The Morgan fingerprint density at radius 2 is 1.90 bits per heavy atom. The lowest BCUT2D eigenvalue weighted by atomic mass is 10.1. The van der Waals surface area contributed by atoms with Crippen molar-refractivity contribution in [3.8, 4) is 11.1 Å². The van der Waals surface area contributed by atoms with Gasteiger partial charge in [-0.25, -0.2) is 4.98 Å². The van der Waals surface area contributed by atoms with Gasteiger partial charge < -0.3 is 14.6 Å². The van der Waals surface area contributed by atoms with Crippen molar-refractivity contribution in [1.29, 1.82) is 0 Å². The molecule has 0 atom stereocenters. The molecule has 3 rings (SSSR count). The van der Waals surface area contributed by atoms with Crippen LogP contribution in [0.4, 0.5) is 0 Å². The third-order valence-electron chi connectivity index (χ3n) is 2.83. The number of nitrogens with zero attached hydrogens (tertiary/aromatic N) is 4. The van der Waals surface area contributed by atoms with Crippen LogP contribution < -0.4 is 0 Å². The fourth-order valence-electron chi connectivity index (χ4n) is 1.93. The highest BCUT2D eigenvalue weighted by atomic mass is 16.4. The quantitative estimate of drug-likeness (QED) is 0.671. The number of aromatic nitrogens is 4. The topological polar surface area (TPSA) is 84.1 Å². The first-order valence-corrected chi connectivity index (χ1v) is 6.25. The normalized spacial score (nSPS) is 9.95. The molecule has 2 N–H and O–H groups in total. The zero-order valence-corrected chi connectivity index (χ0v) is 11.1. The first-order chi connectivity index (χ1) is 9.81. The molecule has 0 bridgehead atoms. The summed E-state index contributed by atoms with van der Waals surface area (Å²) in [5, 5.41) is 22.5. The standard InChI is InChI=1S/C13H12N4.BH3O2/c1-2-17-9-14-12-11(8-15-16-13(12)17)10-6-4-3-5-7-10;2-1-3/h3-9H,2H2,1H3;1-3H. The largest absolute Gasteiger partial charge is 0.432 e. The van der Waals surface area contributed by atoms with Crippen molar-refractivity contribution in [3.63, 3.8) is 0 Å². The van der Waals surface area contributed by atoms with Crippen LogP contribution >= 0.6 is 0 Å². The summed E-state index contributed by atoms with van der Waals surface area (Å²) in [6, 6.07) is 10.1. The summed E-state index contributed by atoms with van der Waals surface area (Å²) < 4.78 is 1.99. The number of imidazole rings is 1. The Morgan fingerprint density at radius 3 is 2.55 bits per heavy atom. The number of rotatable bonds is 2. The summed E-state index contributed by atoms with van der Waals surface area (Å²) in [5.74, 6) is 0. The molecule has 3 aromatic rings. The second-order valence-electron chi connectivity index (χ2n) is 3.97. The zero-order chi connectivity index (χ0) is 14.4. The van der Waals surface area contributed by atoms with Crippen LogP contribution in [-0.2, 0) is 6.54 Å². The Kier molecular flexibility index (Phi) is 4.81. The van der Waals surface area contributed by atoms with E-state index >= 15 is 0 Å². The molecular weight excluding hydrogens is 255 g/mol. The van der Waals surface area contributed by atoms with E-state index in [-0.39, 0.29) is 0 Å². The van der Waals surface area contributed by atoms with E-state index in [1.54, 1.807) is 6.20 Å². The summed E-state index contributed by atoms with van der Waals surface area (Å²) in [7, 11) is -0.750. The molecular formula is C13H15BN4O2. The molecule has 0 aliphatic carbocycles. The smallest absolute Gasteiger partial charge is 0.430 e. The van der Waals surface area contributed by atoms with Gasteiger partial charge in [-0.1, -0.05) is 30.3 Å². The minimum Gasteiger partial charge on any atom is -0.430 e. The Labute approximate surface area is 117 Å². The summed E-state index contributed by atoms with van der Waals surface area (Å²) in [5.41, 5.74) is 3.90. The molecule has 0 unspecified atom stereocenters. The molecule has 2 aromatic heterocycles. The van der Waals surface area contributed by atoms with Crippen LogP contribution in [-0.4, -0.2) is 37.5 Å². The molecule has 0 aliphatic rings. The lowest BCUT2D eigenvalue weighted by Crippen LogP contribution is -1.95. The van der Waals surface area contributed by atoms with E-state index in [0.717, 1.165) is 28.8 Å². The summed E-state index contributed by atoms with van der Waals surface area (Å²) in [4.78, 5) is 4.43. The maximum Gasteiger partial charge on any atom is 0.432 e. The van der Waals surface area contributed by atoms with Crippen LogP contribution in [0, 0.1) is 0 Å². The van der Waals surface area contributed by atoms with Gasteiger partial charge in [-0.2, -0.15) is 5.10 Å². The van der Waals surface area contributed by atoms with Gasteiger partial charge in [-0.05, 0) is 12.5 Å². The lowest BCUT2D eigenvalue weighted by molar-refractivity contribution is 0.448.